The Kier molecular flexibility index (Phi) is 3.99. The highest BCUT2D eigenvalue weighted by atomic mass is 32.2. The van der Waals surface area contributed by atoms with E-state index in [2.05, 4.69) is 0 Å². The quantitative estimate of drug-likeness (QED) is 0.728. The number of fused-ring (bicyclic) bond motifs is 1. The lowest BCUT2D eigenvalue weighted by molar-refractivity contribution is -0.138. The van der Waals surface area contributed by atoms with E-state index in [9.17, 15) is 18.3 Å². The second-order valence-electron chi connectivity index (χ2n) is 6.84. The third kappa shape index (κ3) is 2.78. The summed E-state index contributed by atoms with van der Waals surface area (Å²) in [5.41, 5.74) is 2.16. The molecule has 0 amide bonds. The Hall–Kier alpha value is -2.80. The predicted molar refractivity (Wildman–Crippen MR) is 101 cm³/mol. The van der Waals surface area contributed by atoms with Crippen molar-refractivity contribution < 1.29 is 23.1 Å². The van der Waals surface area contributed by atoms with Crippen molar-refractivity contribution in [2.75, 3.05) is 7.11 Å². The third-order valence-corrected chi connectivity index (χ3v) is 6.78. The summed E-state index contributed by atoms with van der Waals surface area (Å²) in [4.78, 5) is 11.5. The van der Waals surface area contributed by atoms with E-state index in [1.54, 1.807) is 48.7 Å². The Bertz CT molecular complexity index is 1150. The molecule has 7 heteroatoms. The molecule has 140 valence electrons. The SMILES string of the molecule is COc1cccc2c1c([C@H]1C[C@@H]1C(=O)O)cn2S(=O)(=O)c1ccc(C)cc1. The summed E-state index contributed by atoms with van der Waals surface area (Å²) in [5.74, 6) is -1.03. The van der Waals surface area contributed by atoms with Crippen molar-refractivity contribution in [2.45, 2.75) is 24.2 Å². The van der Waals surface area contributed by atoms with Crippen molar-refractivity contribution in [3.8, 4) is 5.75 Å². The van der Waals surface area contributed by atoms with Gasteiger partial charge in [0.15, 0.2) is 0 Å². The third-order valence-electron chi connectivity index (χ3n) is 5.09. The number of aliphatic carboxylic acids is 1. The Balaban J connectivity index is 1.94. The first-order valence-corrected chi connectivity index (χ1v) is 10.0. The highest BCUT2D eigenvalue weighted by Gasteiger charge is 2.46. The Morgan fingerprint density at radius 3 is 2.48 bits per heavy atom. The van der Waals surface area contributed by atoms with E-state index in [0.717, 1.165) is 5.56 Å². The molecule has 0 radical (unpaired) electrons. The standard InChI is InChI=1S/C20H19NO5S/c1-12-6-8-13(9-7-12)27(24,25)21-11-16(14-10-15(14)20(22)23)19-17(21)4-3-5-18(19)26-2/h3-9,11,14-15H,10H2,1-2H3,(H,22,23)/t14-,15-/m0/s1. The average Bonchev–Trinajstić information content (AvgIpc) is 3.35. The van der Waals surface area contributed by atoms with E-state index in [4.69, 9.17) is 4.74 Å². The zero-order valence-electron chi connectivity index (χ0n) is 14.9. The highest BCUT2D eigenvalue weighted by Crippen LogP contribution is 2.51. The van der Waals surface area contributed by atoms with Crippen LogP contribution in [0, 0.1) is 12.8 Å². The van der Waals surface area contributed by atoms with Gasteiger partial charge in [-0.25, -0.2) is 12.4 Å². The normalized spacial score (nSPS) is 19.2. The number of aromatic nitrogens is 1. The second kappa shape index (κ2) is 6.13. The lowest BCUT2D eigenvalue weighted by Gasteiger charge is -2.08. The molecule has 27 heavy (non-hydrogen) atoms. The van der Waals surface area contributed by atoms with Crippen molar-refractivity contribution in [1.82, 2.24) is 3.97 Å². The summed E-state index contributed by atoms with van der Waals surface area (Å²) >= 11 is 0. The van der Waals surface area contributed by atoms with Gasteiger partial charge >= 0.3 is 5.97 Å². The molecule has 0 aliphatic heterocycles. The molecule has 6 nitrogen and oxygen atoms in total. The maximum absolute atomic E-state index is 13.2. The van der Waals surface area contributed by atoms with Gasteiger partial charge in [0.1, 0.15) is 5.75 Å². The van der Waals surface area contributed by atoms with Crippen LogP contribution in [-0.2, 0) is 14.8 Å². The average molecular weight is 385 g/mol. The molecule has 2 atom stereocenters. The van der Waals surface area contributed by atoms with Gasteiger partial charge in [-0.05, 0) is 43.2 Å². The summed E-state index contributed by atoms with van der Waals surface area (Å²) in [7, 11) is -2.30. The van der Waals surface area contributed by atoms with Gasteiger partial charge in [-0.3, -0.25) is 4.79 Å². The largest absolute Gasteiger partial charge is 0.496 e. The number of carbonyl (C=O) groups is 1. The van der Waals surface area contributed by atoms with Gasteiger partial charge in [-0.15, -0.1) is 0 Å². The van der Waals surface area contributed by atoms with E-state index in [0.29, 0.717) is 28.6 Å². The number of nitrogens with zero attached hydrogens (tertiary/aromatic N) is 1. The van der Waals surface area contributed by atoms with Crippen LogP contribution in [0.2, 0.25) is 0 Å². The van der Waals surface area contributed by atoms with E-state index >= 15 is 0 Å². The second-order valence-corrected chi connectivity index (χ2v) is 8.65. The number of aryl methyl sites for hydroxylation is 1. The monoisotopic (exact) mass is 385 g/mol. The van der Waals surface area contributed by atoms with E-state index in [1.165, 1.54) is 11.1 Å². The van der Waals surface area contributed by atoms with Gasteiger partial charge < -0.3 is 9.84 Å². The lowest BCUT2D eigenvalue weighted by Crippen LogP contribution is -2.11. The van der Waals surface area contributed by atoms with Gasteiger partial charge in [0.2, 0.25) is 0 Å². The Morgan fingerprint density at radius 2 is 1.89 bits per heavy atom. The van der Waals surface area contributed by atoms with Crippen molar-refractivity contribution in [1.29, 1.82) is 0 Å². The molecule has 1 saturated carbocycles. The maximum Gasteiger partial charge on any atom is 0.307 e. The topological polar surface area (TPSA) is 85.6 Å². The number of hydrogen-bond donors (Lipinski definition) is 1. The highest BCUT2D eigenvalue weighted by molar-refractivity contribution is 7.90. The molecular weight excluding hydrogens is 366 g/mol. The van der Waals surface area contributed by atoms with Crippen molar-refractivity contribution in [2.24, 2.45) is 5.92 Å². The van der Waals surface area contributed by atoms with Crippen LogP contribution in [0.5, 0.6) is 5.75 Å². The van der Waals surface area contributed by atoms with Gasteiger partial charge in [-0.2, -0.15) is 0 Å². The molecule has 1 aliphatic rings. The van der Waals surface area contributed by atoms with Crippen molar-refractivity contribution >= 4 is 26.9 Å². The molecule has 1 aromatic heterocycles. The number of hydrogen-bond acceptors (Lipinski definition) is 4. The van der Waals surface area contributed by atoms with E-state index in [1.807, 2.05) is 6.92 Å². The zero-order valence-corrected chi connectivity index (χ0v) is 15.7. The number of benzene rings is 2. The summed E-state index contributed by atoms with van der Waals surface area (Å²) in [6.07, 6.45) is 2.05. The van der Waals surface area contributed by atoms with Gasteiger partial charge in [0.25, 0.3) is 10.0 Å². The minimum Gasteiger partial charge on any atom is -0.496 e. The predicted octanol–water partition coefficient (Wildman–Crippen LogP) is 3.38. The van der Waals surface area contributed by atoms with Crippen LogP contribution in [0.15, 0.2) is 53.6 Å². The Labute approximate surface area is 157 Å². The zero-order chi connectivity index (χ0) is 19.3. The summed E-state index contributed by atoms with van der Waals surface area (Å²) in [6, 6.07) is 11.9. The fourth-order valence-electron chi connectivity index (χ4n) is 3.54. The molecule has 1 heterocycles. The van der Waals surface area contributed by atoms with E-state index in [-0.39, 0.29) is 10.8 Å². The molecule has 0 unspecified atom stereocenters. The molecule has 0 saturated heterocycles. The number of rotatable bonds is 5. The van der Waals surface area contributed by atoms with Crippen LogP contribution in [0.4, 0.5) is 0 Å². The van der Waals surface area contributed by atoms with Gasteiger partial charge in [0, 0.05) is 17.5 Å². The Morgan fingerprint density at radius 1 is 1.19 bits per heavy atom. The first-order chi connectivity index (χ1) is 12.8. The van der Waals surface area contributed by atoms with Gasteiger partial charge in [0.05, 0.1) is 23.4 Å². The van der Waals surface area contributed by atoms with Gasteiger partial charge in [-0.1, -0.05) is 23.8 Å². The lowest BCUT2D eigenvalue weighted by atomic mass is 10.1. The number of methoxy groups -OCH3 is 1. The van der Waals surface area contributed by atoms with Crippen LogP contribution >= 0.6 is 0 Å². The number of ether oxygens (including phenoxy) is 1. The molecule has 1 aliphatic carbocycles. The van der Waals surface area contributed by atoms with Crippen LogP contribution in [0.3, 0.4) is 0 Å². The van der Waals surface area contributed by atoms with Crippen molar-refractivity contribution in [3.63, 3.8) is 0 Å². The summed E-state index contributed by atoms with van der Waals surface area (Å²) in [5, 5.41) is 9.95. The first-order valence-electron chi connectivity index (χ1n) is 8.57. The fourth-order valence-corrected chi connectivity index (χ4v) is 4.91. The molecule has 1 N–H and O–H groups in total. The molecular formula is C20H19NO5S. The van der Waals surface area contributed by atoms with Crippen LogP contribution in [0.25, 0.3) is 10.9 Å². The minimum absolute atomic E-state index is 0.185. The molecule has 0 bridgehead atoms. The first kappa shape index (κ1) is 17.6. The molecule has 0 spiro atoms. The van der Waals surface area contributed by atoms with Crippen LogP contribution < -0.4 is 4.74 Å². The molecule has 3 aromatic rings. The minimum atomic E-state index is -3.82. The van der Waals surface area contributed by atoms with E-state index < -0.39 is 21.9 Å². The number of carboxylic acids is 1. The number of carboxylic acid groups (broad SMARTS) is 1. The molecule has 4 rings (SSSR count). The molecule has 1 fully saturated rings. The molecule has 2 aromatic carbocycles. The summed E-state index contributed by atoms with van der Waals surface area (Å²) in [6.45, 7) is 1.89. The fraction of sp³-hybridized carbons (Fsp3) is 0.250. The maximum atomic E-state index is 13.2. The van der Waals surface area contributed by atoms with Crippen molar-refractivity contribution in [3.05, 3.63) is 59.8 Å². The smallest absolute Gasteiger partial charge is 0.307 e. The van der Waals surface area contributed by atoms with Crippen LogP contribution in [-0.4, -0.2) is 30.6 Å². The van der Waals surface area contributed by atoms with Crippen LogP contribution in [0.1, 0.15) is 23.5 Å². The summed E-state index contributed by atoms with van der Waals surface area (Å²) < 4.78 is 33.1.